The number of carbonyl (C=O) groups is 1. The number of rotatable bonds is 5. The summed E-state index contributed by atoms with van der Waals surface area (Å²) in [6.45, 7) is 0.400. The quantitative estimate of drug-likeness (QED) is 0.915. The van der Waals surface area contributed by atoms with Crippen LogP contribution >= 0.6 is 11.6 Å². The number of pyridine rings is 1. The zero-order valence-corrected chi connectivity index (χ0v) is 13.6. The Bertz CT molecular complexity index is 703. The minimum absolute atomic E-state index is 0.000899. The first-order valence-corrected chi connectivity index (χ1v) is 8.21. The van der Waals surface area contributed by atoms with Crippen molar-refractivity contribution in [2.24, 2.45) is 0 Å². The molecule has 0 atom stereocenters. The molecule has 0 radical (unpaired) electrons. The van der Waals surface area contributed by atoms with Gasteiger partial charge in [-0.2, -0.15) is 0 Å². The molecule has 1 amide bonds. The Morgan fingerprint density at radius 3 is 2.91 bits per heavy atom. The van der Waals surface area contributed by atoms with Gasteiger partial charge in [-0.1, -0.05) is 29.8 Å². The zero-order chi connectivity index (χ0) is 16.1. The number of hydrogen-bond donors (Lipinski definition) is 1. The third-order valence-electron chi connectivity index (χ3n) is 3.99. The smallest absolute Gasteiger partial charge is 0.258 e. The van der Waals surface area contributed by atoms with Crippen molar-refractivity contribution in [2.75, 3.05) is 6.61 Å². The number of aromatic nitrogens is 1. The van der Waals surface area contributed by atoms with Crippen molar-refractivity contribution >= 4 is 17.5 Å². The van der Waals surface area contributed by atoms with E-state index in [0.717, 1.165) is 41.8 Å². The monoisotopic (exact) mass is 330 g/mol. The summed E-state index contributed by atoms with van der Waals surface area (Å²) in [5, 5.41) is 3.48. The molecule has 23 heavy (non-hydrogen) atoms. The van der Waals surface area contributed by atoms with Crippen LogP contribution in [0.5, 0.6) is 5.75 Å². The van der Waals surface area contributed by atoms with Crippen LogP contribution in [-0.2, 0) is 24.2 Å². The van der Waals surface area contributed by atoms with Crippen LogP contribution in [0, 0.1) is 0 Å². The van der Waals surface area contributed by atoms with Crippen molar-refractivity contribution in [3.63, 3.8) is 0 Å². The SMILES string of the molecule is O=C(COc1ccnc2c1CCCC2)NCc1ccccc1Cl. The maximum atomic E-state index is 12.0. The number of nitrogens with one attached hydrogen (secondary N) is 1. The van der Waals surface area contributed by atoms with Gasteiger partial charge in [-0.25, -0.2) is 0 Å². The highest BCUT2D eigenvalue weighted by Gasteiger charge is 2.15. The molecule has 0 saturated heterocycles. The van der Waals surface area contributed by atoms with Gasteiger partial charge >= 0.3 is 0 Å². The first-order valence-electron chi connectivity index (χ1n) is 7.83. The Kier molecular flexibility index (Phi) is 5.13. The average molecular weight is 331 g/mol. The number of hydrogen-bond acceptors (Lipinski definition) is 3. The number of fused-ring (bicyclic) bond motifs is 1. The van der Waals surface area contributed by atoms with E-state index in [9.17, 15) is 4.79 Å². The molecule has 120 valence electrons. The topological polar surface area (TPSA) is 51.2 Å². The molecule has 0 unspecified atom stereocenters. The molecule has 3 rings (SSSR count). The second-order valence-corrected chi connectivity index (χ2v) is 6.01. The van der Waals surface area contributed by atoms with Crippen molar-refractivity contribution in [1.29, 1.82) is 0 Å². The van der Waals surface area contributed by atoms with E-state index < -0.39 is 0 Å². The number of nitrogens with zero attached hydrogens (tertiary/aromatic N) is 1. The lowest BCUT2D eigenvalue weighted by Crippen LogP contribution is -2.28. The van der Waals surface area contributed by atoms with Crippen molar-refractivity contribution < 1.29 is 9.53 Å². The summed E-state index contributed by atoms with van der Waals surface area (Å²) in [6.07, 6.45) is 6.03. The summed E-state index contributed by atoms with van der Waals surface area (Å²) in [6, 6.07) is 9.30. The Morgan fingerprint density at radius 2 is 2.04 bits per heavy atom. The summed E-state index contributed by atoms with van der Waals surface area (Å²) in [5.41, 5.74) is 3.15. The molecule has 1 N–H and O–H groups in total. The maximum Gasteiger partial charge on any atom is 0.258 e. The van der Waals surface area contributed by atoms with E-state index in [2.05, 4.69) is 10.3 Å². The van der Waals surface area contributed by atoms with Gasteiger partial charge in [0.2, 0.25) is 0 Å². The Labute approximate surface area is 140 Å². The Hall–Kier alpha value is -2.07. The number of halogens is 1. The number of ether oxygens (including phenoxy) is 1. The van der Waals surface area contributed by atoms with E-state index in [4.69, 9.17) is 16.3 Å². The number of benzene rings is 1. The van der Waals surface area contributed by atoms with E-state index in [1.165, 1.54) is 6.42 Å². The maximum absolute atomic E-state index is 12.0. The predicted molar refractivity (Wildman–Crippen MR) is 89.7 cm³/mol. The summed E-state index contributed by atoms with van der Waals surface area (Å²) in [4.78, 5) is 16.4. The van der Waals surface area contributed by atoms with E-state index in [-0.39, 0.29) is 12.5 Å². The Balaban J connectivity index is 1.54. The van der Waals surface area contributed by atoms with Gasteiger partial charge in [0.05, 0.1) is 0 Å². The molecule has 5 heteroatoms. The fraction of sp³-hybridized carbons (Fsp3) is 0.333. The molecule has 1 aromatic carbocycles. The molecule has 1 aromatic heterocycles. The number of amides is 1. The first kappa shape index (κ1) is 15.8. The van der Waals surface area contributed by atoms with Crippen LogP contribution < -0.4 is 10.1 Å². The van der Waals surface area contributed by atoms with Crippen LogP contribution in [0.4, 0.5) is 0 Å². The zero-order valence-electron chi connectivity index (χ0n) is 12.8. The predicted octanol–water partition coefficient (Wildman–Crippen LogP) is 3.31. The fourth-order valence-electron chi connectivity index (χ4n) is 2.76. The normalized spacial score (nSPS) is 13.3. The number of aryl methyl sites for hydroxylation is 1. The molecule has 0 aliphatic heterocycles. The fourth-order valence-corrected chi connectivity index (χ4v) is 2.96. The molecule has 1 aliphatic rings. The molecule has 2 aromatic rings. The average Bonchev–Trinajstić information content (AvgIpc) is 2.59. The summed E-state index contributed by atoms with van der Waals surface area (Å²) in [7, 11) is 0. The molecular weight excluding hydrogens is 312 g/mol. The highest BCUT2D eigenvalue weighted by molar-refractivity contribution is 6.31. The summed E-state index contributed by atoms with van der Waals surface area (Å²) >= 11 is 6.07. The lowest BCUT2D eigenvalue weighted by Gasteiger charge is -2.18. The van der Waals surface area contributed by atoms with Gasteiger partial charge in [0.25, 0.3) is 5.91 Å². The third kappa shape index (κ3) is 4.02. The van der Waals surface area contributed by atoms with E-state index in [1.54, 1.807) is 6.20 Å². The van der Waals surface area contributed by atoms with E-state index in [0.29, 0.717) is 11.6 Å². The third-order valence-corrected chi connectivity index (χ3v) is 4.35. The minimum atomic E-state index is -0.161. The highest BCUT2D eigenvalue weighted by atomic mass is 35.5. The van der Waals surface area contributed by atoms with Crippen LogP contribution in [0.15, 0.2) is 36.5 Å². The van der Waals surface area contributed by atoms with Crippen LogP contribution in [0.3, 0.4) is 0 Å². The first-order chi connectivity index (χ1) is 11.2. The Morgan fingerprint density at radius 1 is 1.22 bits per heavy atom. The van der Waals surface area contributed by atoms with Gasteiger partial charge in [-0.05, 0) is 43.4 Å². The largest absolute Gasteiger partial charge is 0.483 e. The van der Waals surface area contributed by atoms with Crippen LogP contribution in [0.1, 0.15) is 29.7 Å². The second kappa shape index (κ2) is 7.47. The lowest BCUT2D eigenvalue weighted by atomic mass is 9.95. The van der Waals surface area contributed by atoms with E-state index in [1.807, 2.05) is 30.3 Å². The van der Waals surface area contributed by atoms with Crippen molar-refractivity contribution in [1.82, 2.24) is 10.3 Å². The van der Waals surface area contributed by atoms with Gasteiger partial charge in [-0.15, -0.1) is 0 Å². The van der Waals surface area contributed by atoms with Crippen molar-refractivity contribution in [3.8, 4) is 5.75 Å². The lowest BCUT2D eigenvalue weighted by molar-refractivity contribution is -0.123. The molecule has 1 heterocycles. The molecule has 0 spiro atoms. The molecule has 0 saturated carbocycles. The van der Waals surface area contributed by atoms with Crippen LogP contribution in [0.2, 0.25) is 5.02 Å². The minimum Gasteiger partial charge on any atom is -0.483 e. The summed E-state index contributed by atoms with van der Waals surface area (Å²) in [5.74, 6) is 0.619. The molecular formula is C18H19ClN2O2. The van der Waals surface area contributed by atoms with Gasteiger partial charge < -0.3 is 10.1 Å². The number of carbonyl (C=O) groups excluding carboxylic acids is 1. The standard InChI is InChI=1S/C18H19ClN2O2/c19-15-7-3-1-5-13(15)11-21-18(22)12-23-17-9-10-20-16-8-4-2-6-14(16)17/h1,3,5,7,9-10H,2,4,6,8,11-12H2,(H,21,22). The van der Waals surface area contributed by atoms with Gasteiger partial charge in [0.15, 0.2) is 6.61 Å². The van der Waals surface area contributed by atoms with Crippen LogP contribution in [-0.4, -0.2) is 17.5 Å². The summed E-state index contributed by atoms with van der Waals surface area (Å²) < 4.78 is 5.70. The van der Waals surface area contributed by atoms with Gasteiger partial charge in [-0.3, -0.25) is 9.78 Å². The second-order valence-electron chi connectivity index (χ2n) is 5.60. The van der Waals surface area contributed by atoms with Gasteiger partial charge in [0, 0.05) is 29.0 Å². The molecule has 0 fully saturated rings. The van der Waals surface area contributed by atoms with Crippen molar-refractivity contribution in [2.45, 2.75) is 32.2 Å². The molecule has 0 bridgehead atoms. The van der Waals surface area contributed by atoms with Gasteiger partial charge in [0.1, 0.15) is 5.75 Å². The van der Waals surface area contributed by atoms with Crippen molar-refractivity contribution in [3.05, 3.63) is 58.4 Å². The van der Waals surface area contributed by atoms with E-state index >= 15 is 0 Å². The molecule has 1 aliphatic carbocycles. The molecule has 4 nitrogen and oxygen atoms in total. The highest BCUT2D eigenvalue weighted by Crippen LogP contribution is 2.27. The van der Waals surface area contributed by atoms with Crippen LogP contribution in [0.25, 0.3) is 0 Å².